The van der Waals surface area contributed by atoms with Gasteiger partial charge in [0, 0.05) is 19.5 Å². The van der Waals surface area contributed by atoms with E-state index in [0.717, 1.165) is 19.1 Å². The molecule has 0 amide bonds. The largest absolute Gasteiger partial charge is 0.380 e. The zero-order valence-electron chi connectivity index (χ0n) is 9.65. The van der Waals surface area contributed by atoms with Gasteiger partial charge in [0.1, 0.15) is 0 Å². The molecular weight excluding hydrogens is 398 g/mol. The first-order valence-corrected chi connectivity index (χ1v) is 7.74. The van der Waals surface area contributed by atoms with Crippen molar-refractivity contribution < 1.29 is 0 Å². The van der Waals surface area contributed by atoms with Gasteiger partial charge in [-0.05, 0) is 56.8 Å². The van der Waals surface area contributed by atoms with E-state index in [-0.39, 0.29) is 0 Å². The van der Waals surface area contributed by atoms with Crippen LogP contribution in [-0.2, 0) is 0 Å². The summed E-state index contributed by atoms with van der Waals surface area (Å²) < 4.78 is 3.21. The molecule has 1 nitrogen and oxygen atoms in total. The Labute approximate surface area is 123 Å². The normalized spacial score (nSPS) is 14.6. The maximum Gasteiger partial charge on any atom is 0.0631 e. The molecule has 0 fully saturated rings. The van der Waals surface area contributed by atoms with Gasteiger partial charge < -0.3 is 5.32 Å². The number of hydrogen-bond donors (Lipinski definition) is 1. The Balaban J connectivity index is 2.89. The average molecular weight is 414 g/mol. The number of halogens is 3. The summed E-state index contributed by atoms with van der Waals surface area (Å²) in [5.74, 6) is 0.655. The van der Waals surface area contributed by atoms with Crippen LogP contribution in [0.3, 0.4) is 0 Å². The molecule has 0 bridgehead atoms. The van der Waals surface area contributed by atoms with Crippen LogP contribution in [0.25, 0.3) is 0 Å². The van der Waals surface area contributed by atoms with E-state index < -0.39 is 0 Å². The minimum Gasteiger partial charge on any atom is -0.380 e. The molecule has 0 aliphatic rings. The summed E-state index contributed by atoms with van der Waals surface area (Å²) in [5, 5.41) is 3.54. The SMILES string of the molecule is CCC(C)C(C)Nc1c(Br)cc(Br)cc1Br. The summed E-state index contributed by atoms with van der Waals surface area (Å²) >= 11 is 10.6. The Morgan fingerprint density at radius 3 is 2.06 bits per heavy atom. The van der Waals surface area contributed by atoms with E-state index in [1.165, 1.54) is 6.42 Å². The highest BCUT2D eigenvalue weighted by molar-refractivity contribution is 9.11. The lowest BCUT2D eigenvalue weighted by Gasteiger charge is -2.22. The molecule has 0 aliphatic heterocycles. The molecule has 90 valence electrons. The molecule has 16 heavy (non-hydrogen) atoms. The molecule has 2 unspecified atom stereocenters. The molecule has 2 atom stereocenters. The molecule has 0 radical (unpaired) electrons. The van der Waals surface area contributed by atoms with Crippen molar-refractivity contribution in [3.05, 3.63) is 25.6 Å². The Morgan fingerprint density at radius 1 is 1.12 bits per heavy atom. The third-order valence-corrected chi connectivity index (χ3v) is 4.59. The van der Waals surface area contributed by atoms with Gasteiger partial charge in [-0.15, -0.1) is 0 Å². The molecule has 0 saturated heterocycles. The quantitative estimate of drug-likeness (QED) is 0.655. The Kier molecular flexibility index (Phi) is 5.82. The van der Waals surface area contributed by atoms with Crippen LogP contribution in [0, 0.1) is 5.92 Å². The summed E-state index contributed by atoms with van der Waals surface area (Å²) in [6.45, 7) is 6.70. The molecular formula is C12H16Br3N. The highest BCUT2D eigenvalue weighted by Gasteiger charge is 2.13. The fourth-order valence-electron chi connectivity index (χ4n) is 1.40. The van der Waals surface area contributed by atoms with Gasteiger partial charge in [-0.25, -0.2) is 0 Å². The summed E-state index contributed by atoms with van der Waals surface area (Å²) in [4.78, 5) is 0. The monoisotopic (exact) mass is 411 g/mol. The Morgan fingerprint density at radius 2 is 1.62 bits per heavy atom. The minimum atomic E-state index is 0.457. The summed E-state index contributed by atoms with van der Waals surface area (Å²) in [7, 11) is 0. The van der Waals surface area contributed by atoms with Crippen molar-refractivity contribution in [2.24, 2.45) is 5.92 Å². The van der Waals surface area contributed by atoms with Gasteiger partial charge in [0.2, 0.25) is 0 Å². The predicted molar refractivity (Wildman–Crippen MR) is 82.1 cm³/mol. The first-order chi connectivity index (χ1) is 7.45. The smallest absolute Gasteiger partial charge is 0.0631 e. The molecule has 0 saturated carbocycles. The fourth-order valence-corrected chi connectivity index (χ4v) is 3.89. The van der Waals surface area contributed by atoms with E-state index >= 15 is 0 Å². The van der Waals surface area contributed by atoms with E-state index in [9.17, 15) is 0 Å². The van der Waals surface area contributed by atoms with Crippen molar-refractivity contribution in [3.8, 4) is 0 Å². The van der Waals surface area contributed by atoms with Crippen LogP contribution in [0.1, 0.15) is 27.2 Å². The van der Waals surface area contributed by atoms with Gasteiger partial charge in [0.05, 0.1) is 5.69 Å². The number of rotatable bonds is 4. The van der Waals surface area contributed by atoms with Crippen molar-refractivity contribution in [1.29, 1.82) is 0 Å². The zero-order chi connectivity index (χ0) is 12.3. The van der Waals surface area contributed by atoms with Gasteiger partial charge in [-0.1, -0.05) is 36.2 Å². The average Bonchev–Trinajstić information content (AvgIpc) is 2.21. The van der Waals surface area contributed by atoms with E-state index in [1.807, 2.05) is 0 Å². The van der Waals surface area contributed by atoms with E-state index in [1.54, 1.807) is 0 Å². The maximum absolute atomic E-state index is 3.57. The van der Waals surface area contributed by atoms with Gasteiger partial charge in [0.25, 0.3) is 0 Å². The van der Waals surface area contributed by atoms with E-state index in [2.05, 4.69) is 86.0 Å². The summed E-state index contributed by atoms with van der Waals surface area (Å²) in [6.07, 6.45) is 1.18. The van der Waals surface area contributed by atoms with Crippen LogP contribution in [0.2, 0.25) is 0 Å². The lowest BCUT2D eigenvalue weighted by atomic mass is 10.0. The lowest BCUT2D eigenvalue weighted by molar-refractivity contribution is 0.494. The van der Waals surface area contributed by atoms with Crippen molar-refractivity contribution >= 4 is 53.5 Å². The molecule has 0 heterocycles. The van der Waals surface area contributed by atoms with Crippen LogP contribution in [0.5, 0.6) is 0 Å². The molecule has 0 spiro atoms. The topological polar surface area (TPSA) is 12.0 Å². The predicted octanol–water partition coefficient (Wildman–Crippen LogP) is 5.82. The fraction of sp³-hybridized carbons (Fsp3) is 0.500. The standard InChI is InChI=1S/C12H16Br3N/c1-4-7(2)8(3)16-12-10(14)5-9(13)6-11(12)15/h5-8,16H,4H2,1-3H3. The van der Waals surface area contributed by atoms with Crippen LogP contribution >= 0.6 is 47.8 Å². The van der Waals surface area contributed by atoms with Gasteiger partial charge in [0.15, 0.2) is 0 Å². The van der Waals surface area contributed by atoms with Gasteiger partial charge in [-0.3, -0.25) is 0 Å². The number of anilines is 1. The molecule has 1 N–H and O–H groups in total. The third-order valence-electron chi connectivity index (χ3n) is 2.88. The van der Waals surface area contributed by atoms with Gasteiger partial charge >= 0.3 is 0 Å². The molecule has 0 aliphatic carbocycles. The molecule has 1 aromatic carbocycles. The second-order valence-corrected chi connectivity index (χ2v) is 6.69. The molecule has 0 aromatic heterocycles. The van der Waals surface area contributed by atoms with Crippen molar-refractivity contribution in [3.63, 3.8) is 0 Å². The number of nitrogens with one attached hydrogen (secondary N) is 1. The van der Waals surface area contributed by atoms with E-state index in [0.29, 0.717) is 12.0 Å². The highest BCUT2D eigenvalue weighted by Crippen LogP contribution is 2.35. The maximum atomic E-state index is 3.57. The molecule has 4 heteroatoms. The van der Waals surface area contributed by atoms with Crippen molar-refractivity contribution in [1.82, 2.24) is 0 Å². The lowest BCUT2D eigenvalue weighted by Crippen LogP contribution is -2.23. The number of benzene rings is 1. The summed E-state index contributed by atoms with van der Waals surface area (Å²) in [6, 6.07) is 4.56. The molecule has 1 rings (SSSR count). The van der Waals surface area contributed by atoms with Crippen LogP contribution < -0.4 is 5.32 Å². The van der Waals surface area contributed by atoms with Crippen LogP contribution in [0.4, 0.5) is 5.69 Å². The third kappa shape index (κ3) is 3.74. The van der Waals surface area contributed by atoms with Crippen molar-refractivity contribution in [2.75, 3.05) is 5.32 Å². The highest BCUT2D eigenvalue weighted by atomic mass is 79.9. The van der Waals surface area contributed by atoms with Crippen LogP contribution in [-0.4, -0.2) is 6.04 Å². The van der Waals surface area contributed by atoms with Gasteiger partial charge in [-0.2, -0.15) is 0 Å². The Bertz CT molecular complexity index is 342. The second-order valence-electron chi connectivity index (χ2n) is 4.06. The van der Waals surface area contributed by atoms with Crippen molar-refractivity contribution in [2.45, 2.75) is 33.2 Å². The number of hydrogen-bond acceptors (Lipinski definition) is 1. The first-order valence-electron chi connectivity index (χ1n) is 5.36. The minimum absolute atomic E-state index is 0.457. The van der Waals surface area contributed by atoms with Crippen LogP contribution in [0.15, 0.2) is 25.6 Å². The Hall–Kier alpha value is 0.460. The van der Waals surface area contributed by atoms with E-state index in [4.69, 9.17) is 0 Å². The molecule has 1 aromatic rings. The first kappa shape index (κ1) is 14.5. The summed E-state index contributed by atoms with van der Waals surface area (Å²) in [5.41, 5.74) is 1.12. The second kappa shape index (κ2) is 6.41. The zero-order valence-corrected chi connectivity index (χ0v) is 14.4.